The van der Waals surface area contributed by atoms with Crippen LogP contribution >= 0.6 is 0 Å². The lowest BCUT2D eigenvalue weighted by Gasteiger charge is -2.43. The van der Waals surface area contributed by atoms with Gasteiger partial charge >= 0.3 is 5.97 Å². The van der Waals surface area contributed by atoms with Crippen LogP contribution in [-0.2, 0) is 4.79 Å². The Morgan fingerprint density at radius 3 is 2.38 bits per heavy atom. The number of carbonyl (C=O) groups is 1. The first kappa shape index (κ1) is 8.97. The van der Waals surface area contributed by atoms with Gasteiger partial charge in [0, 0.05) is 26.2 Å². The van der Waals surface area contributed by atoms with E-state index in [9.17, 15) is 9.90 Å². The van der Waals surface area contributed by atoms with Crippen molar-refractivity contribution < 1.29 is 9.90 Å². The first-order chi connectivity index (χ1) is 6.15. The average molecular weight is 184 g/mol. The third-order valence-electron chi connectivity index (χ3n) is 3.30. The highest BCUT2D eigenvalue weighted by atomic mass is 16.4. The fraction of sp³-hybridized carbons (Fsp3) is 0.889. The van der Waals surface area contributed by atoms with Crippen LogP contribution in [0.3, 0.4) is 0 Å². The molecule has 0 aliphatic carbocycles. The molecule has 1 N–H and O–H groups in total. The van der Waals surface area contributed by atoms with Crippen LogP contribution in [0.15, 0.2) is 0 Å². The predicted molar refractivity (Wildman–Crippen MR) is 48.7 cm³/mol. The summed E-state index contributed by atoms with van der Waals surface area (Å²) in [6.07, 6.45) is 1.93. The maximum Gasteiger partial charge on any atom is 0.325 e. The molecule has 4 nitrogen and oxygen atoms in total. The van der Waals surface area contributed by atoms with Crippen LogP contribution in [0.1, 0.15) is 12.8 Å². The predicted octanol–water partition coefficient (Wildman–Crippen LogP) is -0.149. The molecular formula is C9H16N2O2. The number of hydrogen-bond donors (Lipinski definition) is 1. The van der Waals surface area contributed by atoms with Crippen LogP contribution in [0.2, 0.25) is 0 Å². The molecule has 0 bridgehead atoms. The quantitative estimate of drug-likeness (QED) is 0.648. The highest BCUT2D eigenvalue weighted by molar-refractivity contribution is 5.79. The molecule has 2 aliphatic heterocycles. The van der Waals surface area contributed by atoms with Gasteiger partial charge in [-0.15, -0.1) is 0 Å². The Labute approximate surface area is 78.1 Å². The lowest BCUT2D eigenvalue weighted by Crippen LogP contribution is -2.61. The van der Waals surface area contributed by atoms with Crippen LogP contribution in [0.4, 0.5) is 0 Å². The molecule has 0 aromatic carbocycles. The molecule has 2 rings (SSSR count). The van der Waals surface area contributed by atoms with E-state index in [1.165, 1.54) is 0 Å². The van der Waals surface area contributed by atoms with Gasteiger partial charge in [0.05, 0.1) is 0 Å². The maximum atomic E-state index is 11.2. The van der Waals surface area contributed by atoms with Gasteiger partial charge in [0.25, 0.3) is 0 Å². The number of aliphatic carboxylic acids is 1. The lowest BCUT2D eigenvalue weighted by molar-refractivity contribution is -0.153. The number of hydrogen-bond acceptors (Lipinski definition) is 3. The molecule has 0 radical (unpaired) electrons. The second-order valence-corrected chi connectivity index (χ2v) is 4.17. The maximum absolute atomic E-state index is 11.2. The number of nitrogens with zero attached hydrogens (tertiary/aromatic N) is 2. The first-order valence-corrected chi connectivity index (χ1v) is 4.82. The summed E-state index contributed by atoms with van der Waals surface area (Å²) >= 11 is 0. The minimum Gasteiger partial charge on any atom is -0.480 e. The van der Waals surface area contributed by atoms with Gasteiger partial charge < -0.3 is 10.0 Å². The second kappa shape index (κ2) is 2.96. The molecule has 13 heavy (non-hydrogen) atoms. The topological polar surface area (TPSA) is 43.8 Å². The van der Waals surface area contributed by atoms with E-state index in [0.717, 1.165) is 32.5 Å². The van der Waals surface area contributed by atoms with E-state index in [-0.39, 0.29) is 0 Å². The Morgan fingerprint density at radius 1 is 1.38 bits per heavy atom. The molecule has 2 saturated heterocycles. The summed E-state index contributed by atoms with van der Waals surface area (Å²) in [4.78, 5) is 15.4. The average Bonchev–Trinajstić information content (AvgIpc) is 2.29. The van der Waals surface area contributed by atoms with E-state index >= 15 is 0 Å². The molecule has 2 heterocycles. The van der Waals surface area contributed by atoms with Gasteiger partial charge in [0.2, 0.25) is 0 Å². The second-order valence-electron chi connectivity index (χ2n) is 4.17. The molecule has 4 heteroatoms. The minimum atomic E-state index is -0.642. The van der Waals surface area contributed by atoms with E-state index < -0.39 is 11.5 Å². The van der Waals surface area contributed by atoms with E-state index in [0.29, 0.717) is 6.54 Å². The highest BCUT2D eigenvalue weighted by Gasteiger charge is 2.50. The highest BCUT2D eigenvalue weighted by Crippen LogP contribution is 2.31. The minimum absolute atomic E-state index is 0.562. The van der Waals surface area contributed by atoms with Crippen LogP contribution in [0.5, 0.6) is 0 Å². The van der Waals surface area contributed by atoms with Crippen molar-refractivity contribution in [2.75, 3.05) is 33.2 Å². The summed E-state index contributed by atoms with van der Waals surface area (Å²) in [5.74, 6) is -0.642. The Balaban J connectivity index is 2.15. The zero-order valence-electron chi connectivity index (χ0n) is 7.99. The van der Waals surface area contributed by atoms with Crippen molar-refractivity contribution >= 4 is 5.97 Å². The molecule has 0 aromatic heterocycles. The Morgan fingerprint density at radius 2 is 2.08 bits per heavy atom. The number of likely N-dealkylation sites (tertiary alicyclic amines) is 2. The third-order valence-corrected chi connectivity index (χ3v) is 3.30. The summed E-state index contributed by atoms with van der Waals surface area (Å²) in [5, 5.41) is 9.25. The molecule has 0 amide bonds. The molecule has 1 atom stereocenters. The summed E-state index contributed by atoms with van der Waals surface area (Å²) in [6.45, 7) is 3.51. The van der Waals surface area contributed by atoms with Crippen LogP contribution in [0, 0.1) is 0 Å². The summed E-state index contributed by atoms with van der Waals surface area (Å²) in [6, 6.07) is 0. The zero-order valence-corrected chi connectivity index (χ0v) is 7.99. The van der Waals surface area contributed by atoms with Gasteiger partial charge in [0.15, 0.2) is 0 Å². The van der Waals surface area contributed by atoms with Crippen molar-refractivity contribution in [3.63, 3.8) is 0 Å². The van der Waals surface area contributed by atoms with Crippen LogP contribution in [-0.4, -0.2) is 59.6 Å². The molecule has 1 unspecified atom stereocenters. The SMILES string of the molecule is CN1CCC(C(=O)O)(N2CCC2)C1. The number of carboxylic acids is 1. The van der Waals surface area contributed by atoms with Gasteiger partial charge in [-0.05, 0) is 19.9 Å². The lowest BCUT2D eigenvalue weighted by atomic mass is 9.92. The Kier molecular flexibility index (Phi) is 2.04. The van der Waals surface area contributed by atoms with Crippen molar-refractivity contribution in [2.45, 2.75) is 18.4 Å². The summed E-state index contributed by atoms with van der Waals surface area (Å²) in [5.41, 5.74) is -0.562. The Bertz CT molecular complexity index is 228. The smallest absolute Gasteiger partial charge is 0.325 e. The largest absolute Gasteiger partial charge is 0.480 e. The summed E-state index contributed by atoms with van der Waals surface area (Å²) < 4.78 is 0. The normalized spacial score (nSPS) is 36.1. The number of likely N-dealkylation sites (N-methyl/N-ethyl adjacent to an activating group) is 1. The van der Waals surface area contributed by atoms with Gasteiger partial charge in [-0.1, -0.05) is 0 Å². The van der Waals surface area contributed by atoms with Gasteiger partial charge in [0.1, 0.15) is 5.54 Å². The van der Waals surface area contributed by atoms with Crippen LogP contribution < -0.4 is 0 Å². The van der Waals surface area contributed by atoms with E-state index in [4.69, 9.17) is 0 Å². The Hall–Kier alpha value is -0.610. The zero-order chi connectivity index (χ0) is 9.47. The van der Waals surface area contributed by atoms with Crippen LogP contribution in [0.25, 0.3) is 0 Å². The summed E-state index contributed by atoms with van der Waals surface area (Å²) in [7, 11) is 1.99. The fourth-order valence-electron chi connectivity index (χ4n) is 2.29. The van der Waals surface area contributed by atoms with Crippen molar-refractivity contribution in [1.29, 1.82) is 0 Å². The fourth-order valence-corrected chi connectivity index (χ4v) is 2.29. The van der Waals surface area contributed by atoms with Crippen molar-refractivity contribution in [1.82, 2.24) is 9.80 Å². The molecule has 2 aliphatic rings. The molecular weight excluding hydrogens is 168 g/mol. The molecule has 0 spiro atoms. The number of carboxylic acid groups (broad SMARTS) is 1. The molecule has 0 saturated carbocycles. The standard InChI is InChI=1S/C9H16N2O2/c1-10-6-3-9(7-10,8(12)13)11-4-2-5-11/h2-7H2,1H3,(H,12,13). The number of rotatable bonds is 2. The van der Waals surface area contributed by atoms with E-state index in [2.05, 4.69) is 9.80 Å². The molecule has 74 valence electrons. The molecule has 0 aromatic rings. The van der Waals surface area contributed by atoms with Gasteiger partial charge in [-0.25, -0.2) is 0 Å². The van der Waals surface area contributed by atoms with Crippen molar-refractivity contribution in [3.05, 3.63) is 0 Å². The van der Waals surface area contributed by atoms with E-state index in [1.807, 2.05) is 7.05 Å². The van der Waals surface area contributed by atoms with Crippen molar-refractivity contribution in [2.24, 2.45) is 0 Å². The monoisotopic (exact) mass is 184 g/mol. The van der Waals surface area contributed by atoms with Gasteiger partial charge in [-0.2, -0.15) is 0 Å². The first-order valence-electron chi connectivity index (χ1n) is 4.82. The van der Waals surface area contributed by atoms with Crippen molar-refractivity contribution in [3.8, 4) is 0 Å². The molecule has 2 fully saturated rings. The van der Waals surface area contributed by atoms with Gasteiger partial charge in [-0.3, -0.25) is 9.69 Å². The van der Waals surface area contributed by atoms with E-state index in [1.54, 1.807) is 0 Å². The third kappa shape index (κ3) is 1.25.